The second-order valence-corrected chi connectivity index (χ2v) is 19.4. The van der Waals surface area contributed by atoms with Gasteiger partial charge in [-0.25, -0.2) is 14.3 Å². The largest absolute Gasteiger partial charge is 0.449 e. The summed E-state index contributed by atoms with van der Waals surface area (Å²) in [6.07, 6.45) is 7.53. The highest BCUT2D eigenvalue weighted by molar-refractivity contribution is 5.95. The number of alkyl carbamates (subject to hydrolysis) is 1. The van der Waals surface area contributed by atoms with E-state index in [4.69, 9.17) is 9.47 Å². The van der Waals surface area contributed by atoms with Crippen molar-refractivity contribution in [3.63, 3.8) is 0 Å². The molecule has 3 saturated heterocycles. The molecule has 1 atom stereocenters. The minimum absolute atomic E-state index is 0.0127. The highest BCUT2D eigenvalue weighted by atomic mass is 19.1. The molecule has 0 spiro atoms. The second-order valence-electron chi connectivity index (χ2n) is 19.4. The van der Waals surface area contributed by atoms with Crippen molar-refractivity contribution in [1.82, 2.24) is 35.9 Å². The lowest BCUT2D eigenvalue weighted by Gasteiger charge is -2.53. The number of H-pyrrole nitrogens is 1. The van der Waals surface area contributed by atoms with Gasteiger partial charge >= 0.3 is 6.09 Å². The van der Waals surface area contributed by atoms with Crippen molar-refractivity contribution in [1.29, 1.82) is 0 Å². The quantitative estimate of drug-likeness (QED) is 0.107. The van der Waals surface area contributed by atoms with E-state index < -0.39 is 29.5 Å². The van der Waals surface area contributed by atoms with Gasteiger partial charge in [0.05, 0.1) is 35.4 Å². The monoisotopic (exact) mass is 923 g/mol. The number of amides is 4. The smallest absolute Gasteiger partial charge is 0.407 e. The van der Waals surface area contributed by atoms with Gasteiger partial charge in [-0.3, -0.25) is 19.2 Å². The normalized spacial score (nSPS) is 21.8. The summed E-state index contributed by atoms with van der Waals surface area (Å²) in [5.74, 6) is -1.43. The number of nitrogens with zero attached hydrogens (tertiary/aromatic N) is 3. The van der Waals surface area contributed by atoms with E-state index in [1.54, 1.807) is 34.1 Å². The molecule has 3 aliphatic carbocycles. The lowest BCUT2D eigenvalue weighted by Crippen LogP contribution is -2.66. The second kappa shape index (κ2) is 19.3. The standard InChI is InChI=1S/C53H58FN7O7/c54-44-19-18-34(29-45-40-16-8-9-17-41(40)48(63)59-58-45)28-42(44)50(65)61-26-24-60(25-27-61)46(62)30-56-52-20-22-53(23-21-52,68-33-52)32-55-49(64)47(35-10-2-1-3-11-35)57-51(66)67-31-43-38-14-6-4-12-36(38)37-13-5-7-15-39(37)43/h4-9,12-19,28,35,43,47,56H,1-3,10-11,20-27,29-33H2,(H,55,64)(H,57,66)(H,59,63)/t47-,52?,53?/m1/s1. The Bertz CT molecular complexity index is 2710. The summed E-state index contributed by atoms with van der Waals surface area (Å²) in [4.78, 5) is 70.1. The van der Waals surface area contributed by atoms with Crippen LogP contribution in [0.4, 0.5) is 9.18 Å². The third kappa shape index (κ3) is 9.25. The van der Waals surface area contributed by atoms with E-state index in [-0.39, 0.29) is 66.6 Å². The van der Waals surface area contributed by atoms with Gasteiger partial charge in [-0.1, -0.05) is 92.1 Å². The van der Waals surface area contributed by atoms with E-state index in [0.29, 0.717) is 67.5 Å². The number of nitrogens with one attached hydrogen (secondary N) is 4. The average molecular weight is 924 g/mol. The predicted octanol–water partition coefficient (Wildman–Crippen LogP) is 6.21. The van der Waals surface area contributed by atoms with Crippen molar-refractivity contribution in [3.05, 3.63) is 135 Å². The number of carbonyl (C=O) groups is 4. The van der Waals surface area contributed by atoms with Gasteiger partial charge in [-0.2, -0.15) is 5.10 Å². The van der Waals surface area contributed by atoms with E-state index >= 15 is 4.39 Å². The van der Waals surface area contributed by atoms with Crippen molar-refractivity contribution < 1.29 is 33.0 Å². The first kappa shape index (κ1) is 45.3. The van der Waals surface area contributed by atoms with Crippen LogP contribution in [0.25, 0.3) is 21.9 Å². The zero-order valence-corrected chi connectivity index (χ0v) is 38.2. The highest BCUT2D eigenvalue weighted by Gasteiger charge is 2.50. The first-order chi connectivity index (χ1) is 33.1. The highest BCUT2D eigenvalue weighted by Crippen LogP contribution is 2.45. The molecule has 3 aliphatic heterocycles. The van der Waals surface area contributed by atoms with Crippen LogP contribution >= 0.6 is 0 Å². The maximum absolute atomic E-state index is 15.1. The average Bonchev–Trinajstić information content (AvgIpc) is 3.71. The van der Waals surface area contributed by atoms with Crippen LogP contribution in [0.3, 0.4) is 0 Å². The number of halogens is 1. The number of aromatic nitrogens is 2. The lowest BCUT2D eigenvalue weighted by molar-refractivity contribution is -0.163. The summed E-state index contributed by atoms with van der Waals surface area (Å²) in [7, 11) is 0. The molecule has 4 aromatic carbocycles. The van der Waals surface area contributed by atoms with E-state index in [1.807, 2.05) is 36.4 Å². The fraction of sp³-hybridized carbons (Fsp3) is 0.434. The molecule has 4 N–H and O–H groups in total. The Balaban J connectivity index is 0.685. The number of aromatic amines is 1. The van der Waals surface area contributed by atoms with Crippen molar-refractivity contribution >= 4 is 34.6 Å². The molecule has 0 unspecified atom stereocenters. The predicted molar refractivity (Wildman–Crippen MR) is 254 cm³/mol. The molecular weight excluding hydrogens is 866 g/mol. The molecule has 2 bridgehead atoms. The van der Waals surface area contributed by atoms with E-state index in [2.05, 4.69) is 50.4 Å². The van der Waals surface area contributed by atoms with Gasteiger partial charge in [0.2, 0.25) is 11.8 Å². The Labute approximate surface area is 394 Å². The van der Waals surface area contributed by atoms with E-state index in [1.165, 1.54) is 6.07 Å². The Kier molecular flexibility index (Phi) is 12.9. The first-order valence-electron chi connectivity index (χ1n) is 24.2. The summed E-state index contributed by atoms with van der Waals surface area (Å²) in [6, 6.07) is 27.3. The fourth-order valence-corrected chi connectivity index (χ4v) is 11.3. The maximum atomic E-state index is 15.1. The fourth-order valence-electron chi connectivity index (χ4n) is 11.3. The first-order valence-corrected chi connectivity index (χ1v) is 24.2. The van der Waals surface area contributed by atoms with Crippen LogP contribution < -0.4 is 21.5 Å². The Morgan fingerprint density at radius 2 is 1.49 bits per heavy atom. The molecule has 11 rings (SSSR count). The number of ether oxygens (including phenoxy) is 2. The van der Waals surface area contributed by atoms with Crippen molar-refractivity contribution in [3.8, 4) is 11.1 Å². The van der Waals surface area contributed by atoms with E-state index in [0.717, 1.165) is 67.2 Å². The van der Waals surface area contributed by atoms with Crippen LogP contribution in [-0.2, 0) is 25.5 Å². The molecule has 15 heteroatoms. The van der Waals surface area contributed by atoms with Gasteiger partial charge in [0, 0.05) is 56.0 Å². The molecular formula is C53H58FN7O7. The summed E-state index contributed by atoms with van der Waals surface area (Å²) in [6.45, 7) is 2.22. The van der Waals surface area contributed by atoms with Gasteiger partial charge in [-0.15, -0.1) is 0 Å². The lowest BCUT2D eigenvalue weighted by atomic mass is 9.71. The minimum atomic E-state index is -0.715. The van der Waals surface area contributed by atoms with Gasteiger partial charge in [0.25, 0.3) is 11.5 Å². The number of piperazine rings is 1. The van der Waals surface area contributed by atoms with Crippen LogP contribution in [-0.4, -0.2) is 113 Å². The number of hydrogen-bond donors (Lipinski definition) is 4. The summed E-state index contributed by atoms with van der Waals surface area (Å²) in [5.41, 5.74) is 4.63. The van der Waals surface area contributed by atoms with Crippen molar-refractivity contribution in [2.24, 2.45) is 5.92 Å². The SMILES string of the molecule is O=C(N[C@@H](C(=O)NCC12CCC(NCC(=O)N3CCN(C(=O)c4cc(Cc5n[nH]c(=O)c6ccccc56)ccc4F)CC3)(CC1)CO2)C1CCCCC1)OCC1c2ccccc2-c2ccccc21. The zero-order chi connectivity index (χ0) is 46.8. The molecule has 0 radical (unpaired) electrons. The topological polar surface area (TPSA) is 175 Å². The van der Waals surface area contributed by atoms with Crippen LogP contribution in [0, 0.1) is 11.7 Å². The zero-order valence-electron chi connectivity index (χ0n) is 38.2. The van der Waals surface area contributed by atoms with Gasteiger partial charge in [-0.05, 0) is 90.5 Å². The summed E-state index contributed by atoms with van der Waals surface area (Å²) >= 11 is 0. The molecule has 4 heterocycles. The summed E-state index contributed by atoms with van der Waals surface area (Å²) in [5, 5.41) is 17.6. The molecule has 68 heavy (non-hydrogen) atoms. The van der Waals surface area contributed by atoms with Crippen molar-refractivity contribution in [2.75, 3.05) is 52.5 Å². The van der Waals surface area contributed by atoms with Crippen LogP contribution in [0.2, 0.25) is 0 Å². The van der Waals surface area contributed by atoms with Crippen LogP contribution in [0.15, 0.2) is 95.8 Å². The molecule has 4 amide bonds. The Hall–Kier alpha value is -6.45. The van der Waals surface area contributed by atoms with Gasteiger partial charge < -0.3 is 35.2 Å². The van der Waals surface area contributed by atoms with Crippen LogP contribution in [0.1, 0.15) is 96.4 Å². The number of fused-ring (bicyclic) bond motifs is 7. The van der Waals surface area contributed by atoms with E-state index in [9.17, 15) is 24.0 Å². The number of hydrogen-bond acceptors (Lipinski definition) is 9. The number of carbonyl (C=O) groups excluding carboxylic acids is 4. The molecule has 1 aromatic heterocycles. The maximum Gasteiger partial charge on any atom is 0.407 e. The Morgan fingerprint density at radius 3 is 2.18 bits per heavy atom. The number of rotatable bonds is 13. The molecule has 6 aliphatic rings. The van der Waals surface area contributed by atoms with Crippen LogP contribution in [0.5, 0.6) is 0 Å². The number of benzene rings is 4. The molecule has 354 valence electrons. The molecule has 14 nitrogen and oxygen atoms in total. The molecule has 5 fully saturated rings. The molecule has 5 aromatic rings. The van der Waals surface area contributed by atoms with Gasteiger partial charge in [0.15, 0.2) is 0 Å². The minimum Gasteiger partial charge on any atom is -0.449 e. The molecule has 2 saturated carbocycles. The van der Waals surface area contributed by atoms with Gasteiger partial charge in [0.1, 0.15) is 18.5 Å². The third-order valence-corrected chi connectivity index (χ3v) is 15.3. The van der Waals surface area contributed by atoms with Crippen molar-refractivity contribution in [2.45, 2.75) is 87.3 Å². The summed E-state index contributed by atoms with van der Waals surface area (Å²) < 4.78 is 27.5. The Morgan fingerprint density at radius 1 is 0.824 bits per heavy atom. The third-order valence-electron chi connectivity index (χ3n) is 15.3.